The summed E-state index contributed by atoms with van der Waals surface area (Å²) in [4.78, 5) is 25.5. The molecule has 35 heavy (non-hydrogen) atoms. The number of esters is 1. The highest BCUT2D eigenvalue weighted by Crippen LogP contribution is 2.54. The van der Waals surface area contributed by atoms with Crippen molar-refractivity contribution in [1.29, 1.82) is 0 Å². The van der Waals surface area contributed by atoms with Crippen molar-refractivity contribution in [2.75, 3.05) is 0 Å². The normalized spacial score (nSPS) is 14.0. The lowest BCUT2D eigenvalue weighted by Crippen LogP contribution is -2.32. The van der Waals surface area contributed by atoms with E-state index < -0.39 is 17.5 Å². The van der Waals surface area contributed by atoms with E-state index in [0.717, 1.165) is 11.1 Å². The van der Waals surface area contributed by atoms with Crippen molar-refractivity contribution < 1.29 is 29.6 Å². The quantitative estimate of drug-likeness (QED) is 0.390. The van der Waals surface area contributed by atoms with Crippen LogP contribution in [-0.4, -0.2) is 27.3 Å². The van der Waals surface area contributed by atoms with E-state index in [2.05, 4.69) is 0 Å². The summed E-state index contributed by atoms with van der Waals surface area (Å²) >= 11 is 0. The Balaban J connectivity index is 2.22. The zero-order chi connectivity index (χ0) is 25.5. The van der Waals surface area contributed by atoms with Crippen LogP contribution in [-0.2, 0) is 36.0 Å². The molecule has 0 bridgehead atoms. The van der Waals surface area contributed by atoms with Crippen LogP contribution in [0.4, 0.5) is 0 Å². The number of aryl methyl sites for hydroxylation is 2. The lowest BCUT2D eigenvalue weighted by atomic mass is 9.75. The fourth-order valence-electron chi connectivity index (χ4n) is 5.43. The van der Waals surface area contributed by atoms with E-state index in [1.807, 2.05) is 39.8 Å². The fourth-order valence-corrected chi connectivity index (χ4v) is 5.43. The van der Waals surface area contributed by atoms with Crippen molar-refractivity contribution in [3.8, 4) is 11.5 Å². The largest absolute Gasteiger partial charge is 0.507 e. The fraction of sp³-hybridized carbons (Fsp3) is 0.310. The Morgan fingerprint density at radius 3 is 1.74 bits per heavy atom. The molecule has 3 N–H and O–H groups in total. The van der Waals surface area contributed by atoms with Gasteiger partial charge in [0.05, 0.1) is 11.1 Å². The van der Waals surface area contributed by atoms with Crippen molar-refractivity contribution in [2.45, 2.75) is 59.0 Å². The van der Waals surface area contributed by atoms with Crippen LogP contribution in [0.2, 0.25) is 0 Å². The van der Waals surface area contributed by atoms with E-state index in [0.29, 0.717) is 36.8 Å². The first-order valence-electron chi connectivity index (χ1n) is 12.0. The highest BCUT2D eigenvalue weighted by Gasteiger charge is 2.54. The maximum Gasteiger partial charge on any atom is 0.340 e. The number of rotatable bonds is 7. The molecule has 0 unspecified atom stereocenters. The number of aromatic carboxylic acids is 1. The number of phenols is 2. The van der Waals surface area contributed by atoms with E-state index in [4.69, 9.17) is 4.74 Å². The minimum atomic E-state index is -1.83. The smallest absolute Gasteiger partial charge is 0.340 e. The zero-order valence-electron chi connectivity index (χ0n) is 20.4. The van der Waals surface area contributed by atoms with Crippen molar-refractivity contribution in [3.63, 3.8) is 0 Å². The molecule has 0 saturated carbocycles. The van der Waals surface area contributed by atoms with Crippen molar-refractivity contribution in [3.05, 3.63) is 92.5 Å². The molecular weight excluding hydrogens is 444 g/mol. The minimum absolute atomic E-state index is 0.0651. The summed E-state index contributed by atoms with van der Waals surface area (Å²) in [6.45, 7) is 7.81. The Hall–Kier alpha value is -3.80. The van der Waals surface area contributed by atoms with E-state index in [1.165, 1.54) is 18.2 Å². The molecular formula is C29H30O6. The summed E-state index contributed by atoms with van der Waals surface area (Å²) in [5.74, 6) is -2.07. The molecule has 0 spiro atoms. The number of fused-ring (bicyclic) bond motifs is 1. The summed E-state index contributed by atoms with van der Waals surface area (Å²) in [6, 6.07) is 11.5. The third kappa shape index (κ3) is 3.47. The number of carbonyl (C=O) groups excluding carboxylic acids is 1. The highest BCUT2D eigenvalue weighted by molar-refractivity contribution is 6.02. The monoisotopic (exact) mass is 474 g/mol. The van der Waals surface area contributed by atoms with Gasteiger partial charge in [-0.1, -0.05) is 58.0 Å². The van der Waals surface area contributed by atoms with Gasteiger partial charge in [0.1, 0.15) is 11.5 Å². The van der Waals surface area contributed by atoms with Gasteiger partial charge in [-0.2, -0.15) is 0 Å². The molecule has 1 aliphatic heterocycles. The second kappa shape index (κ2) is 9.10. The third-order valence-electron chi connectivity index (χ3n) is 7.10. The average Bonchev–Trinajstić information content (AvgIpc) is 3.16. The van der Waals surface area contributed by atoms with Crippen LogP contribution in [0.1, 0.15) is 87.4 Å². The molecule has 6 heteroatoms. The number of cyclic esters (lactones) is 1. The Bertz CT molecular complexity index is 1280. The lowest BCUT2D eigenvalue weighted by Gasteiger charge is -2.33. The number of carboxylic acid groups (broad SMARTS) is 1. The maximum absolute atomic E-state index is 13.2. The van der Waals surface area contributed by atoms with Crippen LogP contribution in [0.25, 0.3) is 0 Å². The summed E-state index contributed by atoms with van der Waals surface area (Å²) in [5, 5.41) is 33.1. The van der Waals surface area contributed by atoms with Crippen LogP contribution in [0, 0.1) is 0 Å². The molecule has 3 aromatic carbocycles. The first kappa shape index (κ1) is 24.3. The van der Waals surface area contributed by atoms with E-state index in [1.54, 1.807) is 12.1 Å². The molecule has 0 atom stereocenters. The number of hydrogen-bond acceptors (Lipinski definition) is 5. The van der Waals surface area contributed by atoms with Crippen molar-refractivity contribution in [2.24, 2.45) is 0 Å². The Kier molecular flexibility index (Phi) is 6.32. The minimum Gasteiger partial charge on any atom is -0.507 e. The number of phenolic OH excluding ortho intramolecular Hbond substituents is 2. The number of aromatic hydroxyl groups is 2. The summed E-state index contributed by atoms with van der Waals surface area (Å²) in [5.41, 5.74) is 2.00. The van der Waals surface area contributed by atoms with E-state index >= 15 is 0 Å². The number of ether oxygens (including phenoxy) is 1. The van der Waals surface area contributed by atoms with Gasteiger partial charge in [-0.05, 0) is 60.1 Å². The van der Waals surface area contributed by atoms with E-state index in [9.17, 15) is 24.9 Å². The van der Waals surface area contributed by atoms with Gasteiger partial charge in [0, 0.05) is 16.7 Å². The Labute approximate surface area is 204 Å². The number of benzene rings is 3. The number of hydrogen-bond donors (Lipinski definition) is 3. The number of carboxylic acids is 1. The zero-order valence-corrected chi connectivity index (χ0v) is 20.4. The van der Waals surface area contributed by atoms with Crippen LogP contribution in [0.15, 0.2) is 42.5 Å². The maximum atomic E-state index is 13.2. The predicted molar refractivity (Wildman–Crippen MR) is 132 cm³/mol. The summed E-state index contributed by atoms with van der Waals surface area (Å²) < 4.78 is 6.07. The van der Waals surface area contributed by atoms with Gasteiger partial charge >= 0.3 is 11.9 Å². The Morgan fingerprint density at radius 2 is 1.31 bits per heavy atom. The van der Waals surface area contributed by atoms with Gasteiger partial charge in [-0.25, -0.2) is 9.59 Å². The highest BCUT2D eigenvalue weighted by atomic mass is 16.6. The topological polar surface area (TPSA) is 104 Å². The lowest BCUT2D eigenvalue weighted by molar-refractivity contribution is 0.0233. The van der Waals surface area contributed by atoms with Crippen molar-refractivity contribution >= 4 is 11.9 Å². The molecule has 0 aliphatic carbocycles. The third-order valence-corrected chi connectivity index (χ3v) is 7.10. The van der Waals surface area contributed by atoms with E-state index in [-0.39, 0.29) is 39.3 Å². The molecule has 6 nitrogen and oxygen atoms in total. The SMILES string of the molecule is CCc1ccc(C2(c3ccc(CC)c(CC)c3O)OC(=O)c3cccc(C(=O)O)c32)c(O)c1CC. The molecule has 0 radical (unpaired) electrons. The molecule has 0 aromatic heterocycles. The molecule has 4 rings (SSSR count). The summed E-state index contributed by atoms with van der Waals surface area (Å²) in [6.07, 6.45) is 2.44. The average molecular weight is 475 g/mol. The Morgan fingerprint density at radius 1 is 0.800 bits per heavy atom. The van der Waals surface area contributed by atoms with Gasteiger partial charge in [-0.3, -0.25) is 0 Å². The molecule has 0 fully saturated rings. The van der Waals surface area contributed by atoms with Gasteiger partial charge in [0.15, 0.2) is 5.60 Å². The molecule has 1 heterocycles. The number of carbonyl (C=O) groups is 2. The molecule has 0 saturated heterocycles. The van der Waals surface area contributed by atoms with Gasteiger partial charge in [-0.15, -0.1) is 0 Å². The van der Waals surface area contributed by atoms with Crippen LogP contribution in [0.3, 0.4) is 0 Å². The second-order valence-electron chi connectivity index (χ2n) is 8.72. The second-order valence-corrected chi connectivity index (χ2v) is 8.72. The van der Waals surface area contributed by atoms with Crippen molar-refractivity contribution in [1.82, 2.24) is 0 Å². The first-order chi connectivity index (χ1) is 16.8. The predicted octanol–water partition coefficient (Wildman–Crippen LogP) is 5.51. The van der Waals surface area contributed by atoms with Crippen LogP contribution < -0.4 is 0 Å². The molecule has 3 aromatic rings. The van der Waals surface area contributed by atoms with Gasteiger partial charge < -0.3 is 20.1 Å². The first-order valence-corrected chi connectivity index (χ1v) is 12.0. The molecule has 0 amide bonds. The van der Waals surface area contributed by atoms with Gasteiger partial charge in [0.2, 0.25) is 0 Å². The van der Waals surface area contributed by atoms with Crippen LogP contribution in [0.5, 0.6) is 11.5 Å². The molecule has 182 valence electrons. The summed E-state index contributed by atoms with van der Waals surface area (Å²) in [7, 11) is 0. The standard InChI is InChI=1S/C29H30O6/c1-5-16-12-14-22(25(30)18(16)7-3)29(23-15-13-17(6-2)19(8-4)26(23)31)24-20(27(32)33)10-9-11-21(24)28(34)35-29/h9-15,30-31H,5-8H2,1-4H3,(H,32,33). The van der Waals surface area contributed by atoms with Crippen LogP contribution >= 0.6 is 0 Å². The van der Waals surface area contributed by atoms with Gasteiger partial charge in [0.25, 0.3) is 0 Å². The molecule has 1 aliphatic rings.